The van der Waals surface area contributed by atoms with Crippen LogP contribution in [-0.2, 0) is 4.79 Å². The van der Waals surface area contributed by atoms with Crippen molar-refractivity contribution in [3.8, 4) is 0 Å². The molecule has 1 amide bonds. The maximum atomic E-state index is 11.8. The first-order valence-corrected chi connectivity index (χ1v) is 5.31. The molecule has 1 aromatic rings. The van der Waals surface area contributed by atoms with E-state index in [2.05, 4.69) is 10.5 Å². The molecule has 0 radical (unpaired) electrons. The van der Waals surface area contributed by atoms with E-state index in [-0.39, 0.29) is 24.5 Å². The van der Waals surface area contributed by atoms with Crippen LogP contribution in [-0.4, -0.2) is 28.8 Å². The average molecular weight is 226 g/mol. The number of rotatable bonds is 4. The second kappa shape index (κ2) is 5.12. The van der Waals surface area contributed by atoms with Gasteiger partial charge in [-0.1, -0.05) is 5.16 Å². The number of hydrogen-bond donors (Lipinski definition) is 2. The molecule has 0 aliphatic carbocycles. The molecule has 5 nitrogen and oxygen atoms in total. The van der Waals surface area contributed by atoms with E-state index in [0.717, 1.165) is 11.3 Å². The van der Waals surface area contributed by atoms with Crippen molar-refractivity contribution in [1.29, 1.82) is 0 Å². The average Bonchev–Trinajstić information content (AvgIpc) is 2.57. The van der Waals surface area contributed by atoms with Gasteiger partial charge in [-0.15, -0.1) is 0 Å². The van der Waals surface area contributed by atoms with Crippen molar-refractivity contribution in [2.24, 2.45) is 0 Å². The summed E-state index contributed by atoms with van der Waals surface area (Å²) in [7, 11) is 0. The van der Waals surface area contributed by atoms with Gasteiger partial charge in [-0.25, -0.2) is 0 Å². The fourth-order valence-electron chi connectivity index (χ4n) is 1.65. The molecule has 0 aliphatic heterocycles. The van der Waals surface area contributed by atoms with E-state index in [9.17, 15) is 4.79 Å². The molecule has 16 heavy (non-hydrogen) atoms. The summed E-state index contributed by atoms with van der Waals surface area (Å²) in [6.45, 7) is 7.07. The van der Waals surface area contributed by atoms with Crippen LogP contribution in [0.1, 0.15) is 36.8 Å². The minimum atomic E-state index is -0.319. The van der Waals surface area contributed by atoms with E-state index in [4.69, 9.17) is 9.63 Å². The molecule has 2 atom stereocenters. The van der Waals surface area contributed by atoms with Gasteiger partial charge in [0.25, 0.3) is 0 Å². The normalized spacial score (nSPS) is 14.6. The first-order chi connectivity index (χ1) is 7.47. The quantitative estimate of drug-likeness (QED) is 0.799. The smallest absolute Gasteiger partial charge is 0.227 e. The van der Waals surface area contributed by atoms with Crippen molar-refractivity contribution in [1.82, 2.24) is 10.5 Å². The standard InChI is InChI=1S/C11H18N2O3/c1-6(5-14)12-11(15)7(2)10-8(3)13-16-9(10)4/h6-7,14H,5H2,1-4H3,(H,12,15). The van der Waals surface area contributed by atoms with Crippen molar-refractivity contribution in [3.63, 3.8) is 0 Å². The Kier molecular flexibility index (Phi) is 4.06. The number of aryl methyl sites for hydroxylation is 2. The lowest BCUT2D eigenvalue weighted by Gasteiger charge is -2.15. The topological polar surface area (TPSA) is 75.4 Å². The molecule has 2 N–H and O–H groups in total. The lowest BCUT2D eigenvalue weighted by atomic mass is 9.98. The minimum absolute atomic E-state index is 0.0694. The number of nitrogens with one attached hydrogen (secondary N) is 1. The van der Waals surface area contributed by atoms with Gasteiger partial charge in [0.2, 0.25) is 5.91 Å². The van der Waals surface area contributed by atoms with E-state index in [1.165, 1.54) is 0 Å². The Hall–Kier alpha value is -1.36. The molecular weight excluding hydrogens is 208 g/mol. The van der Waals surface area contributed by atoms with Gasteiger partial charge in [0.15, 0.2) is 0 Å². The van der Waals surface area contributed by atoms with E-state index in [0.29, 0.717) is 5.76 Å². The maximum Gasteiger partial charge on any atom is 0.227 e. The van der Waals surface area contributed by atoms with E-state index < -0.39 is 0 Å². The lowest BCUT2D eigenvalue weighted by Crippen LogP contribution is -2.37. The second-order valence-electron chi connectivity index (χ2n) is 4.05. The van der Waals surface area contributed by atoms with Crippen molar-refractivity contribution in [2.45, 2.75) is 39.7 Å². The van der Waals surface area contributed by atoms with Gasteiger partial charge in [-0.3, -0.25) is 4.79 Å². The Morgan fingerprint density at radius 1 is 1.50 bits per heavy atom. The van der Waals surface area contributed by atoms with Crippen molar-refractivity contribution in [3.05, 3.63) is 17.0 Å². The molecule has 0 saturated carbocycles. The summed E-state index contributed by atoms with van der Waals surface area (Å²) in [4.78, 5) is 11.8. The predicted octanol–water partition coefficient (Wildman–Crippen LogP) is 0.892. The molecule has 0 saturated heterocycles. The van der Waals surface area contributed by atoms with Crippen molar-refractivity contribution >= 4 is 5.91 Å². The van der Waals surface area contributed by atoms with Crippen LogP contribution >= 0.6 is 0 Å². The Bertz CT molecular complexity index is 354. The molecular formula is C11H18N2O3. The third-order valence-corrected chi connectivity index (χ3v) is 2.58. The lowest BCUT2D eigenvalue weighted by molar-refractivity contribution is -0.123. The van der Waals surface area contributed by atoms with Crippen LogP contribution < -0.4 is 5.32 Å². The summed E-state index contributed by atoms with van der Waals surface area (Å²) in [6, 6.07) is -0.240. The van der Waals surface area contributed by atoms with Gasteiger partial charge in [-0.2, -0.15) is 0 Å². The number of carbonyl (C=O) groups is 1. The highest BCUT2D eigenvalue weighted by Gasteiger charge is 2.23. The number of carbonyl (C=O) groups excluding carboxylic acids is 1. The summed E-state index contributed by atoms with van der Waals surface area (Å²) < 4.78 is 5.02. The third kappa shape index (κ3) is 2.61. The predicted molar refractivity (Wildman–Crippen MR) is 59.1 cm³/mol. The zero-order valence-corrected chi connectivity index (χ0v) is 10.1. The molecule has 1 rings (SSSR count). The molecule has 1 aromatic heterocycles. The molecule has 5 heteroatoms. The van der Waals surface area contributed by atoms with Gasteiger partial charge in [0.05, 0.1) is 18.2 Å². The largest absolute Gasteiger partial charge is 0.394 e. The number of aromatic nitrogens is 1. The van der Waals surface area contributed by atoms with E-state index in [1.54, 1.807) is 20.8 Å². The molecule has 0 aliphatic rings. The number of aliphatic hydroxyl groups excluding tert-OH is 1. The first-order valence-electron chi connectivity index (χ1n) is 5.31. The summed E-state index contributed by atoms with van der Waals surface area (Å²) in [5.41, 5.74) is 1.56. The Morgan fingerprint density at radius 3 is 2.56 bits per heavy atom. The Morgan fingerprint density at radius 2 is 2.12 bits per heavy atom. The highest BCUT2D eigenvalue weighted by atomic mass is 16.5. The third-order valence-electron chi connectivity index (χ3n) is 2.58. The summed E-state index contributed by atoms with van der Waals surface area (Å²) in [5, 5.41) is 15.4. The van der Waals surface area contributed by atoms with Gasteiger partial charge in [-0.05, 0) is 27.7 Å². The highest BCUT2D eigenvalue weighted by molar-refractivity contribution is 5.83. The number of nitrogens with zero attached hydrogens (tertiary/aromatic N) is 1. The van der Waals surface area contributed by atoms with Gasteiger partial charge >= 0.3 is 0 Å². The molecule has 90 valence electrons. The van der Waals surface area contributed by atoms with Gasteiger partial charge in [0.1, 0.15) is 5.76 Å². The van der Waals surface area contributed by atoms with E-state index in [1.807, 2.05) is 6.92 Å². The second-order valence-corrected chi connectivity index (χ2v) is 4.05. The highest BCUT2D eigenvalue weighted by Crippen LogP contribution is 2.23. The van der Waals surface area contributed by atoms with Gasteiger partial charge in [0, 0.05) is 11.6 Å². The molecule has 0 aromatic carbocycles. The fraction of sp³-hybridized carbons (Fsp3) is 0.636. The molecule has 0 spiro atoms. The Labute approximate surface area is 94.8 Å². The van der Waals surface area contributed by atoms with Crippen LogP contribution in [0.5, 0.6) is 0 Å². The maximum absolute atomic E-state index is 11.8. The number of aliphatic hydroxyl groups is 1. The van der Waals surface area contributed by atoms with Crippen LogP contribution in [0.3, 0.4) is 0 Å². The van der Waals surface area contributed by atoms with Crippen LogP contribution in [0.15, 0.2) is 4.52 Å². The number of hydrogen-bond acceptors (Lipinski definition) is 4. The van der Waals surface area contributed by atoms with Crippen LogP contribution in [0.4, 0.5) is 0 Å². The molecule has 0 bridgehead atoms. The van der Waals surface area contributed by atoms with Crippen LogP contribution in [0, 0.1) is 13.8 Å². The van der Waals surface area contributed by atoms with Crippen LogP contribution in [0.25, 0.3) is 0 Å². The fourth-order valence-corrected chi connectivity index (χ4v) is 1.65. The number of amides is 1. The zero-order chi connectivity index (χ0) is 12.3. The summed E-state index contributed by atoms with van der Waals surface area (Å²) in [5.74, 6) is 0.216. The van der Waals surface area contributed by atoms with Crippen LogP contribution in [0.2, 0.25) is 0 Å². The first kappa shape index (κ1) is 12.7. The molecule has 1 heterocycles. The zero-order valence-electron chi connectivity index (χ0n) is 10.1. The Balaban J connectivity index is 2.78. The monoisotopic (exact) mass is 226 g/mol. The van der Waals surface area contributed by atoms with Crippen molar-refractivity contribution < 1.29 is 14.4 Å². The van der Waals surface area contributed by atoms with Crippen molar-refractivity contribution in [2.75, 3.05) is 6.61 Å². The molecule has 2 unspecified atom stereocenters. The summed E-state index contributed by atoms with van der Waals surface area (Å²) >= 11 is 0. The molecule has 0 fully saturated rings. The van der Waals surface area contributed by atoms with E-state index >= 15 is 0 Å². The SMILES string of the molecule is Cc1noc(C)c1C(C)C(=O)NC(C)CO. The minimum Gasteiger partial charge on any atom is -0.394 e. The van der Waals surface area contributed by atoms with Gasteiger partial charge < -0.3 is 14.9 Å². The summed E-state index contributed by atoms with van der Waals surface area (Å²) in [6.07, 6.45) is 0.